The number of hydrogen-bond donors (Lipinski definition) is 2. The van der Waals surface area contributed by atoms with Crippen molar-refractivity contribution < 1.29 is 17.2 Å². The van der Waals surface area contributed by atoms with E-state index in [-0.39, 0.29) is 15.8 Å². The maximum Gasteiger partial charge on any atom is 0.266 e. The molecule has 0 saturated carbocycles. The van der Waals surface area contributed by atoms with Crippen molar-refractivity contribution in [3.63, 3.8) is 0 Å². The van der Waals surface area contributed by atoms with Gasteiger partial charge in [0.2, 0.25) is 0 Å². The van der Waals surface area contributed by atoms with Crippen molar-refractivity contribution in [3.8, 4) is 0 Å². The Morgan fingerprint density at radius 1 is 1.37 bits per heavy atom. The molecule has 2 aromatic rings. The van der Waals surface area contributed by atoms with E-state index < -0.39 is 25.9 Å². The van der Waals surface area contributed by atoms with Crippen LogP contribution in [0, 0.1) is 10.9 Å². The fraction of sp³-hybridized carbons (Fsp3) is 0. The molecule has 1 aromatic carbocycles. The molecule has 0 spiro atoms. The summed E-state index contributed by atoms with van der Waals surface area (Å²) in [6.45, 7) is 0. The molecule has 0 radical (unpaired) electrons. The Balaban J connectivity index is 2.42. The van der Waals surface area contributed by atoms with Crippen molar-refractivity contribution in [2.24, 2.45) is 0 Å². The molecule has 0 bridgehead atoms. The second-order valence-corrected chi connectivity index (χ2v) is 6.42. The van der Waals surface area contributed by atoms with E-state index in [1.807, 2.05) is 4.72 Å². The van der Waals surface area contributed by atoms with Crippen LogP contribution in [-0.4, -0.2) is 13.4 Å². The number of sulfonamides is 1. The number of hydrogen-bond acceptors (Lipinski definition) is 5. The first-order chi connectivity index (χ1) is 8.79. The summed E-state index contributed by atoms with van der Waals surface area (Å²) in [5, 5.41) is -0.995. The highest BCUT2D eigenvalue weighted by Gasteiger charge is 2.22. The van der Waals surface area contributed by atoms with Crippen LogP contribution in [0.4, 0.5) is 19.6 Å². The maximum atomic E-state index is 13.6. The lowest BCUT2D eigenvalue weighted by Gasteiger charge is -2.07. The van der Waals surface area contributed by atoms with Gasteiger partial charge in [-0.2, -0.15) is 4.39 Å². The smallest absolute Gasteiger partial charge is 0.266 e. The summed E-state index contributed by atoms with van der Waals surface area (Å²) in [6, 6.07) is 1.66. The van der Waals surface area contributed by atoms with Gasteiger partial charge in [0.25, 0.3) is 10.0 Å². The first kappa shape index (κ1) is 14.0. The number of aromatic nitrogens is 1. The summed E-state index contributed by atoms with van der Waals surface area (Å²) >= 11 is 6.12. The highest BCUT2D eigenvalue weighted by Crippen LogP contribution is 2.27. The van der Waals surface area contributed by atoms with Gasteiger partial charge in [0.15, 0.2) is 10.3 Å². The van der Waals surface area contributed by atoms with Gasteiger partial charge in [0, 0.05) is 0 Å². The summed E-state index contributed by atoms with van der Waals surface area (Å²) in [4.78, 5) is 2.78. The van der Waals surface area contributed by atoms with Crippen LogP contribution in [0.15, 0.2) is 23.2 Å². The number of halogens is 3. The molecule has 0 amide bonds. The molecule has 10 heteroatoms. The zero-order valence-electron chi connectivity index (χ0n) is 9.02. The third kappa shape index (κ3) is 2.94. The molecule has 3 N–H and O–H groups in total. The summed E-state index contributed by atoms with van der Waals surface area (Å²) in [6.07, 6.45) is 0.842. The molecule has 0 saturated heterocycles. The van der Waals surface area contributed by atoms with Gasteiger partial charge in [0.05, 0.1) is 16.9 Å². The van der Waals surface area contributed by atoms with Gasteiger partial charge >= 0.3 is 0 Å². The standard InChI is InChI=1S/C9H6ClF2N3O2S2/c10-4-1-7(5(11)2-6(4)13)19(16,17)15-9-14-3-8(12)18-9/h1-3H,13H2,(H,14,15). The molecule has 0 aliphatic heterocycles. The average Bonchev–Trinajstić information content (AvgIpc) is 2.68. The van der Waals surface area contributed by atoms with Crippen LogP contribution in [0.25, 0.3) is 0 Å². The van der Waals surface area contributed by atoms with Crippen LogP contribution in [0.3, 0.4) is 0 Å². The summed E-state index contributed by atoms with van der Waals surface area (Å²) < 4.78 is 52.0. The fourth-order valence-corrected chi connectivity index (χ4v) is 3.32. The summed E-state index contributed by atoms with van der Waals surface area (Å²) in [7, 11) is -4.25. The Kier molecular flexibility index (Phi) is 3.61. The molecular formula is C9H6ClF2N3O2S2. The minimum absolute atomic E-state index is 0.0848. The normalized spacial score (nSPS) is 11.5. The van der Waals surface area contributed by atoms with Crippen LogP contribution in [0.2, 0.25) is 5.02 Å². The Morgan fingerprint density at radius 2 is 2.05 bits per heavy atom. The third-order valence-electron chi connectivity index (χ3n) is 2.04. The van der Waals surface area contributed by atoms with E-state index in [0.717, 1.165) is 18.3 Å². The Hall–Kier alpha value is -1.45. The van der Waals surface area contributed by atoms with E-state index in [0.29, 0.717) is 11.3 Å². The number of nitrogens with one attached hydrogen (secondary N) is 1. The Bertz CT molecular complexity index is 733. The predicted octanol–water partition coefficient (Wildman–Crippen LogP) is 2.46. The number of nitrogens with two attached hydrogens (primary N) is 1. The monoisotopic (exact) mass is 325 g/mol. The highest BCUT2D eigenvalue weighted by atomic mass is 35.5. The van der Waals surface area contributed by atoms with E-state index in [2.05, 4.69) is 4.98 Å². The van der Waals surface area contributed by atoms with Gasteiger partial charge in [-0.05, 0) is 12.1 Å². The van der Waals surface area contributed by atoms with Crippen LogP contribution in [-0.2, 0) is 10.0 Å². The van der Waals surface area contributed by atoms with Crippen molar-refractivity contribution in [1.82, 2.24) is 4.98 Å². The number of benzene rings is 1. The summed E-state index contributed by atoms with van der Waals surface area (Å²) in [5.41, 5.74) is 5.26. The van der Waals surface area contributed by atoms with Crippen LogP contribution < -0.4 is 10.5 Å². The van der Waals surface area contributed by atoms with Gasteiger partial charge in [-0.15, -0.1) is 0 Å². The lowest BCUT2D eigenvalue weighted by molar-refractivity contribution is 0.571. The number of anilines is 2. The maximum absolute atomic E-state index is 13.6. The van der Waals surface area contributed by atoms with Gasteiger partial charge < -0.3 is 5.73 Å². The van der Waals surface area contributed by atoms with Crippen LogP contribution in [0.1, 0.15) is 0 Å². The molecule has 0 aliphatic rings. The van der Waals surface area contributed by atoms with Gasteiger partial charge in [-0.3, -0.25) is 4.72 Å². The molecule has 1 heterocycles. The third-order valence-corrected chi connectivity index (χ3v) is 4.55. The van der Waals surface area contributed by atoms with E-state index >= 15 is 0 Å². The number of thiazole rings is 1. The van der Waals surface area contributed by atoms with E-state index in [4.69, 9.17) is 17.3 Å². The second kappa shape index (κ2) is 4.91. The lowest BCUT2D eigenvalue weighted by Crippen LogP contribution is -2.14. The summed E-state index contributed by atoms with van der Waals surface area (Å²) in [5.74, 6) is -1.06. The molecule has 0 unspecified atom stereocenters. The number of nitrogen functional groups attached to an aromatic ring is 1. The van der Waals surface area contributed by atoms with Gasteiger partial charge in [-0.25, -0.2) is 17.8 Å². The van der Waals surface area contributed by atoms with Crippen molar-refractivity contribution in [2.75, 3.05) is 10.5 Å². The number of rotatable bonds is 3. The topological polar surface area (TPSA) is 85.1 Å². The molecule has 102 valence electrons. The molecule has 0 atom stereocenters. The fourth-order valence-electron chi connectivity index (χ4n) is 1.22. The Morgan fingerprint density at radius 3 is 2.63 bits per heavy atom. The minimum atomic E-state index is -4.25. The first-order valence-electron chi connectivity index (χ1n) is 4.68. The zero-order valence-corrected chi connectivity index (χ0v) is 11.4. The van der Waals surface area contributed by atoms with Crippen molar-refractivity contribution in [2.45, 2.75) is 4.90 Å². The van der Waals surface area contributed by atoms with Gasteiger partial charge in [-0.1, -0.05) is 22.9 Å². The zero-order chi connectivity index (χ0) is 14.2. The second-order valence-electron chi connectivity index (χ2n) is 3.38. The lowest BCUT2D eigenvalue weighted by atomic mass is 10.3. The predicted molar refractivity (Wildman–Crippen MR) is 68.7 cm³/mol. The minimum Gasteiger partial charge on any atom is -0.397 e. The van der Waals surface area contributed by atoms with Crippen LogP contribution in [0.5, 0.6) is 0 Å². The molecule has 19 heavy (non-hydrogen) atoms. The van der Waals surface area contributed by atoms with E-state index in [9.17, 15) is 17.2 Å². The largest absolute Gasteiger partial charge is 0.397 e. The van der Waals surface area contributed by atoms with Crippen LogP contribution >= 0.6 is 22.9 Å². The quantitative estimate of drug-likeness (QED) is 0.849. The molecule has 1 aromatic heterocycles. The molecule has 5 nitrogen and oxygen atoms in total. The molecular weight excluding hydrogens is 320 g/mol. The van der Waals surface area contributed by atoms with E-state index in [1.54, 1.807) is 0 Å². The molecule has 0 aliphatic carbocycles. The SMILES string of the molecule is Nc1cc(F)c(S(=O)(=O)Nc2ncc(F)s2)cc1Cl. The van der Waals surface area contributed by atoms with Crippen molar-refractivity contribution >= 4 is 43.8 Å². The average molecular weight is 326 g/mol. The van der Waals surface area contributed by atoms with E-state index in [1.165, 1.54) is 0 Å². The Labute approximate surface area is 116 Å². The van der Waals surface area contributed by atoms with Gasteiger partial charge in [0.1, 0.15) is 10.7 Å². The van der Waals surface area contributed by atoms with Crippen molar-refractivity contribution in [1.29, 1.82) is 0 Å². The molecule has 0 fully saturated rings. The highest BCUT2D eigenvalue weighted by molar-refractivity contribution is 7.93. The van der Waals surface area contributed by atoms with Crippen molar-refractivity contribution in [3.05, 3.63) is 34.3 Å². The first-order valence-corrected chi connectivity index (χ1v) is 7.36. The number of nitrogens with zero attached hydrogens (tertiary/aromatic N) is 1. The molecule has 2 rings (SSSR count).